The van der Waals surface area contributed by atoms with Crippen molar-refractivity contribution in [2.45, 2.75) is 31.5 Å². The van der Waals surface area contributed by atoms with E-state index in [0.717, 1.165) is 25.3 Å². The molecule has 1 saturated carbocycles. The van der Waals surface area contributed by atoms with E-state index in [2.05, 4.69) is 15.3 Å². The van der Waals surface area contributed by atoms with Crippen LogP contribution in [-0.4, -0.2) is 36.0 Å². The van der Waals surface area contributed by atoms with Gasteiger partial charge >= 0.3 is 6.18 Å². The quantitative estimate of drug-likeness (QED) is 0.902. The van der Waals surface area contributed by atoms with E-state index in [1.807, 2.05) is 0 Å². The second kappa shape index (κ2) is 6.93. The van der Waals surface area contributed by atoms with Gasteiger partial charge in [0.15, 0.2) is 5.69 Å². The maximum Gasteiger partial charge on any atom is 0.433 e. The average molecular weight is 364 g/mol. The highest BCUT2D eigenvalue weighted by atomic mass is 19.4. The largest absolute Gasteiger partial charge is 0.433 e. The molecule has 1 amide bonds. The molecule has 0 radical (unpaired) electrons. The van der Waals surface area contributed by atoms with Gasteiger partial charge in [0, 0.05) is 31.3 Å². The zero-order valence-corrected chi connectivity index (χ0v) is 14.5. The Morgan fingerprint density at radius 1 is 1.15 bits per heavy atom. The Kier molecular flexibility index (Phi) is 4.84. The minimum Gasteiger partial charge on any atom is -0.349 e. The number of hydrogen-bond donors (Lipinski definition) is 1. The van der Waals surface area contributed by atoms with Gasteiger partial charge < -0.3 is 10.2 Å². The molecule has 0 saturated heterocycles. The third kappa shape index (κ3) is 3.95. The Hall–Kier alpha value is -2.64. The van der Waals surface area contributed by atoms with Crippen LogP contribution in [0.15, 0.2) is 30.3 Å². The summed E-state index contributed by atoms with van der Waals surface area (Å²) < 4.78 is 39.3. The molecule has 1 aliphatic carbocycles. The van der Waals surface area contributed by atoms with Crippen molar-refractivity contribution in [2.75, 3.05) is 19.0 Å². The molecule has 1 aliphatic rings. The van der Waals surface area contributed by atoms with Crippen LogP contribution in [-0.2, 0) is 6.18 Å². The van der Waals surface area contributed by atoms with Gasteiger partial charge in [-0.05, 0) is 37.5 Å². The summed E-state index contributed by atoms with van der Waals surface area (Å²) in [6.45, 7) is 0. The van der Waals surface area contributed by atoms with Crippen molar-refractivity contribution in [3.05, 3.63) is 41.6 Å². The van der Waals surface area contributed by atoms with Crippen LogP contribution in [0.5, 0.6) is 0 Å². The molecular weight excluding hydrogens is 345 g/mol. The fourth-order valence-electron chi connectivity index (χ4n) is 2.54. The SMILES string of the molecule is CN(C)c1nc(-c2ccc(C(=O)NC3CCC3)cc2)cc(C(F)(F)F)n1. The fraction of sp³-hybridized carbons (Fsp3) is 0.389. The van der Waals surface area contributed by atoms with Gasteiger partial charge in [-0.15, -0.1) is 0 Å². The van der Waals surface area contributed by atoms with E-state index in [-0.39, 0.29) is 23.6 Å². The van der Waals surface area contributed by atoms with Crippen molar-refractivity contribution in [1.82, 2.24) is 15.3 Å². The van der Waals surface area contributed by atoms with Crippen LogP contribution in [0.1, 0.15) is 35.3 Å². The van der Waals surface area contributed by atoms with E-state index in [9.17, 15) is 18.0 Å². The van der Waals surface area contributed by atoms with Crippen molar-refractivity contribution in [3.63, 3.8) is 0 Å². The molecule has 138 valence electrons. The predicted molar refractivity (Wildman–Crippen MR) is 91.9 cm³/mol. The number of nitrogens with zero attached hydrogens (tertiary/aromatic N) is 3. The molecule has 0 aliphatic heterocycles. The lowest BCUT2D eigenvalue weighted by molar-refractivity contribution is -0.141. The summed E-state index contributed by atoms with van der Waals surface area (Å²) in [5.74, 6) is -0.199. The van der Waals surface area contributed by atoms with E-state index in [1.54, 1.807) is 38.4 Å². The number of hydrogen-bond acceptors (Lipinski definition) is 4. The van der Waals surface area contributed by atoms with Gasteiger partial charge in [-0.1, -0.05) is 12.1 Å². The normalized spacial score (nSPS) is 14.7. The molecule has 5 nitrogen and oxygen atoms in total. The van der Waals surface area contributed by atoms with Crippen molar-refractivity contribution in [3.8, 4) is 11.3 Å². The van der Waals surface area contributed by atoms with Crippen LogP contribution >= 0.6 is 0 Å². The lowest BCUT2D eigenvalue weighted by Gasteiger charge is -2.26. The molecule has 0 spiro atoms. The number of aromatic nitrogens is 2. The molecule has 8 heteroatoms. The van der Waals surface area contributed by atoms with Crippen LogP contribution < -0.4 is 10.2 Å². The summed E-state index contributed by atoms with van der Waals surface area (Å²) in [6, 6.07) is 7.51. The lowest BCUT2D eigenvalue weighted by atomic mass is 9.93. The number of carbonyl (C=O) groups is 1. The van der Waals surface area contributed by atoms with Crippen LogP contribution in [0.4, 0.5) is 19.1 Å². The summed E-state index contributed by atoms with van der Waals surface area (Å²) in [7, 11) is 3.15. The fourth-order valence-corrected chi connectivity index (χ4v) is 2.54. The smallest absolute Gasteiger partial charge is 0.349 e. The standard InChI is InChI=1S/C18H19F3N4O/c1-25(2)17-23-14(10-15(24-17)18(19,20)21)11-6-8-12(9-7-11)16(26)22-13-4-3-5-13/h6-10,13H,3-5H2,1-2H3,(H,22,26). The molecule has 1 heterocycles. The van der Waals surface area contributed by atoms with Crippen molar-refractivity contribution < 1.29 is 18.0 Å². The van der Waals surface area contributed by atoms with Crippen molar-refractivity contribution in [1.29, 1.82) is 0 Å². The van der Waals surface area contributed by atoms with Gasteiger partial charge in [0.1, 0.15) is 0 Å². The maximum atomic E-state index is 13.1. The van der Waals surface area contributed by atoms with Gasteiger partial charge in [0.25, 0.3) is 5.91 Å². The van der Waals surface area contributed by atoms with Gasteiger partial charge in [-0.3, -0.25) is 4.79 Å². The molecule has 1 N–H and O–H groups in total. The minimum atomic E-state index is -4.56. The number of carbonyl (C=O) groups excluding carboxylic acids is 1. The Balaban J connectivity index is 1.88. The molecule has 3 rings (SSSR count). The van der Waals surface area contributed by atoms with E-state index >= 15 is 0 Å². The van der Waals surface area contributed by atoms with Crippen molar-refractivity contribution in [2.24, 2.45) is 0 Å². The van der Waals surface area contributed by atoms with Crippen LogP contribution in [0, 0.1) is 0 Å². The Morgan fingerprint density at radius 2 is 1.81 bits per heavy atom. The molecule has 0 atom stereocenters. The van der Waals surface area contributed by atoms with Gasteiger partial charge in [0.05, 0.1) is 5.69 Å². The summed E-state index contributed by atoms with van der Waals surface area (Å²) in [6.07, 6.45) is -1.48. The topological polar surface area (TPSA) is 58.1 Å². The lowest BCUT2D eigenvalue weighted by Crippen LogP contribution is -2.39. The number of amides is 1. The van der Waals surface area contributed by atoms with Crippen LogP contribution in [0.25, 0.3) is 11.3 Å². The molecule has 2 aromatic rings. The van der Waals surface area contributed by atoms with E-state index in [1.165, 1.54) is 4.90 Å². The zero-order chi connectivity index (χ0) is 18.9. The Bertz CT molecular complexity index is 799. The van der Waals surface area contributed by atoms with E-state index < -0.39 is 11.9 Å². The molecule has 1 aromatic carbocycles. The van der Waals surface area contributed by atoms with E-state index in [4.69, 9.17) is 0 Å². The zero-order valence-electron chi connectivity index (χ0n) is 14.5. The molecule has 0 bridgehead atoms. The molecule has 0 unspecified atom stereocenters. The number of halogens is 3. The third-order valence-electron chi connectivity index (χ3n) is 4.29. The number of alkyl halides is 3. The highest BCUT2D eigenvalue weighted by Gasteiger charge is 2.34. The number of anilines is 1. The first-order valence-corrected chi connectivity index (χ1v) is 8.29. The van der Waals surface area contributed by atoms with Gasteiger partial charge in [0.2, 0.25) is 5.95 Å². The molecular formula is C18H19F3N4O. The first-order valence-electron chi connectivity index (χ1n) is 8.29. The molecule has 1 aromatic heterocycles. The van der Waals surface area contributed by atoms with Gasteiger partial charge in [-0.2, -0.15) is 13.2 Å². The highest BCUT2D eigenvalue weighted by Crippen LogP contribution is 2.31. The summed E-state index contributed by atoms with van der Waals surface area (Å²) in [5.41, 5.74) is 0.111. The molecule has 26 heavy (non-hydrogen) atoms. The number of benzene rings is 1. The first-order chi connectivity index (χ1) is 12.2. The number of rotatable bonds is 4. The number of nitrogens with one attached hydrogen (secondary N) is 1. The summed E-state index contributed by atoms with van der Waals surface area (Å²) in [5, 5.41) is 2.92. The van der Waals surface area contributed by atoms with Crippen LogP contribution in [0.2, 0.25) is 0 Å². The average Bonchev–Trinajstić information content (AvgIpc) is 2.57. The Labute approximate surface area is 149 Å². The summed E-state index contributed by atoms with van der Waals surface area (Å²) >= 11 is 0. The predicted octanol–water partition coefficient (Wildman–Crippen LogP) is 3.51. The maximum absolute atomic E-state index is 13.1. The minimum absolute atomic E-state index is 0.0263. The third-order valence-corrected chi connectivity index (χ3v) is 4.29. The summed E-state index contributed by atoms with van der Waals surface area (Å²) in [4.78, 5) is 21.3. The van der Waals surface area contributed by atoms with Gasteiger partial charge in [-0.25, -0.2) is 9.97 Å². The second-order valence-corrected chi connectivity index (χ2v) is 6.51. The highest BCUT2D eigenvalue weighted by molar-refractivity contribution is 5.94. The van der Waals surface area contributed by atoms with Crippen molar-refractivity contribution >= 4 is 11.9 Å². The van der Waals surface area contributed by atoms with E-state index in [0.29, 0.717) is 11.1 Å². The van der Waals surface area contributed by atoms with Crippen LogP contribution in [0.3, 0.4) is 0 Å². The first kappa shape index (κ1) is 18.2. The Morgan fingerprint density at radius 3 is 2.31 bits per heavy atom. The second-order valence-electron chi connectivity index (χ2n) is 6.51. The molecule has 1 fully saturated rings. The monoisotopic (exact) mass is 364 g/mol.